The molecule has 0 aliphatic heterocycles. The number of aromatic nitrogens is 2. The predicted octanol–water partition coefficient (Wildman–Crippen LogP) is 2.94. The quantitative estimate of drug-likeness (QED) is 0.621. The highest BCUT2D eigenvalue weighted by Crippen LogP contribution is 2.25. The Labute approximate surface area is 84.6 Å². The SMILES string of the molecule is Cc1c(C(C)(C)C)ccc2nccn12. The third-order valence-electron chi connectivity index (χ3n) is 2.63. The Morgan fingerprint density at radius 2 is 1.93 bits per heavy atom. The maximum Gasteiger partial charge on any atom is 0.136 e. The van der Waals surface area contributed by atoms with Crippen molar-refractivity contribution in [3.05, 3.63) is 35.8 Å². The number of rotatable bonds is 0. The second-order valence-electron chi connectivity index (χ2n) is 4.74. The average Bonchev–Trinajstić information content (AvgIpc) is 2.50. The van der Waals surface area contributed by atoms with Gasteiger partial charge in [-0.05, 0) is 24.0 Å². The zero-order valence-electron chi connectivity index (χ0n) is 9.20. The maximum atomic E-state index is 4.27. The first kappa shape index (κ1) is 9.25. The molecule has 74 valence electrons. The van der Waals surface area contributed by atoms with E-state index >= 15 is 0 Å². The van der Waals surface area contributed by atoms with Gasteiger partial charge in [-0.1, -0.05) is 26.8 Å². The third-order valence-corrected chi connectivity index (χ3v) is 2.63. The average molecular weight is 188 g/mol. The first-order valence-corrected chi connectivity index (χ1v) is 4.93. The van der Waals surface area contributed by atoms with Crippen LogP contribution >= 0.6 is 0 Å². The lowest BCUT2D eigenvalue weighted by molar-refractivity contribution is 0.581. The lowest BCUT2D eigenvalue weighted by Crippen LogP contribution is -2.14. The monoisotopic (exact) mass is 188 g/mol. The summed E-state index contributed by atoms with van der Waals surface area (Å²) in [4.78, 5) is 4.27. The van der Waals surface area contributed by atoms with E-state index in [-0.39, 0.29) is 5.41 Å². The van der Waals surface area contributed by atoms with Crippen molar-refractivity contribution in [1.82, 2.24) is 9.38 Å². The fraction of sp³-hybridized carbons (Fsp3) is 0.417. The van der Waals surface area contributed by atoms with Crippen molar-refractivity contribution in [3.8, 4) is 0 Å². The van der Waals surface area contributed by atoms with Crippen LogP contribution in [0.4, 0.5) is 0 Å². The lowest BCUT2D eigenvalue weighted by Gasteiger charge is -2.22. The highest BCUT2D eigenvalue weighted by atomic mass is 15.0. The highest BCUT2D eigenvalue weighted by molar-refractivity contribution is 5.44. The number of pyridine rings is 1. The largest absolute Gasteiger partial charge is 0.304 e. The molecule has 14 heavy (non-hydrogen) atoms. The highest BCUT2D eigenvalue weighted by Gasteiger charge is 2.17. The molecule has 2 rings (SSSR count). The van der Waals surface area contributed by atoms with Crippen LogP contribution in [-0.4, -0.2) is 9.38 Å². The van der Waals surface area contributed by atoms with Crippen molar-refractivity contribution in [2.45, 2.75) is 33.1 Å². The topological polar surface area (TPSA) is 17.3 Å². The van der Waals surface area contributed by atoms with E-state index in [0.29, 0.717) is 0 Å². The summed E-state index contributed by atoms with van der Waals surface area (Å²) >= 11 is 0. The van der Waals surface area contributed by atoms with Crippen LogP contribution in [0.25, 0.3) is 5.65 Å². The van der Waals surface area contributed by atoms with Crippen molar-refractivity contribution >= 4 is 5.65 Å². The fourth-order valence-electron chi connectivity index (χ4n) is 1.92. The molecular formula is C12H16N2. The van der Waals surface area contributed by atoms with Crippen molar-refractivity contribution in [2.24, 2.45) is 0 Å². The van der Waals surface area contributed by atoms with Gasteiger partial charge < -0.3 is 4.40 Å². The minimum atomic E-state index is 0.197. The number of aryl methyl sites for hydroxylation is 1. The van der Waals surface area contributed by atoms with Gasteiger partial charge in [0.2, 0.25) is 0 Å². The maximum absolute atomic E-state index is 4.27. The number of hydrogen-bond donors (Lipinski definition) is 0. The van der Waals surface area contributed by atoms with E-state index in [1.165, 1.54) is 11.3 Å². The molecule has 2 heterocycles. The van der Waals surface area contributed by atoms with E-state index in [2.05, 4.69) is 49.2 Å². The summed E-state index contributed by atoms with van der Waals surface area (Å²) in [5.41, 5.74) is 3.88. The minimum absolute atomic E-state index is 0.197. The first-order valence-electron chi connectivity index (χ1n) is 4.93. The van der Waals surface area contributed by atoms with E-state index < -0.39 is 0 Å². The summed E-state index contributed by atoms with van der Waals surface area (Å²) < 4.78 is 2.14. The Kier molecular flexibility index (Phi) is 1.88. The molecule has 2 heteroatoms. The van der Waals surface area contributed by atoms with E-state index in [4.69, 9.17) is 0 Å². The Morgan fingerprint density at radius 3 is 2.57 bits per heavy atom. The zero-order valence-corrected chi connectivity index (χ0v) is 9.20. The van der Waals surface area contributed by atoms with Crippen LogP contribution < -0.4 is 0 Å². The van der Waals surface area contributed by atoms with Crippen LogP contribution in [0.15, 0.2) is 24.5 Å². The van der Waals surface area contributed by atoms with Crippen LogP contribution in [0.3, 0.4) is 0 Å². The summed E-state index contributed by atoms with van der Waals surface area (Å²) in [6.45, 7) is 8.85. The van der Waals surface area contributed by atoms with E-state index in [1.807, 2.05) is 12.4 Å². The van der Waals surface area contributed by atoms with Gasteiger partial charge in [0.25, 0.3) is 0 Å². The third kappa shape index (κ3) is 1.31. The second kappa shape index (κ2) is 2.84. The van der Waals surface area contributed by atoms with Gasteiger partial charge in [0.15, 0.2) is 0 Å². The molecule has 2 aromatic rings. The smallest absolute Gasteiger partial charge is 0.136 e. The van der Waals surface area contributed by atoms with Crippen molar-refractivity contribution in [1.29, 1.82) is 0 Å². The van der Waals surface area contributed by atoms with Crippen LogP contribution in [0.2, 0.25) is 0 Å². The number of imidazole rings is 1. The van der Waals surface area contributed by atoms with Gasteiger partial charge >= 0.3 is 0 Å². The summed E-state index contributed by atoms with van der Waals surface area (Å²) in [5.74, 6) is 0. The number of hydrogen-bond acceptors (Lipinski definition) is 1. The van der Waals surface area contributed by atoms with Gasteiger partial charge in [-0.15, -0.1) is 0 Å². The molecule has 0 fully saturated rings. The normalized spacial score (nSPS) is 12.3. The Hall–Kier alpha value is -1.31. The van der Waals surface area contributed by atoms with Gasteiger partial charge in [0.05, 0.1) is 0 Å². The van der Waals surface area contributed by atoms with Crippen LogP contribution in [0, 0.1) is 6.92 Å². The van der Waals surface area contributed by atoms with Crippen molar-refractivity contribution < 1.29 is 0 Å². The molecule has 0 aliphatic rings. The Bertz CT molecular complexity index is 461. The molecule has 0 N–H and O–H groups in total. The Morgan fingerprint density at radius 1 is 1.21 bits per heavy atom. The van der Waals surface area contributed by atoms with Gasteiger partial charge in [0.1, 0.15) is 5.65 Å². The molecule has 2 aromatic heterocycles. The lowest BCUT2D eigenvalue weighted by atomic mass is 9.86. The Balaban J connectivity index is 2.74. The molecule has 0 bridgehead atoms. The molecular weight excluding hydrogens is 172 g/mol. The fourth-order valence-corrected chi connectivity index (χ4v) is 1.92. The van der Waals surface area contributed by atoms with Crippen LogP contribution in [0.1, 0.15) is 32.0 Å². The summed E-state index contributed by atoms with van der Waals surface area (Å²) in [7, 11) is 0. The molecule has 0 radical (unpaired) electrons. The molecule has 0 spiro atoms. The van der Waals surface area contributed by atoms with Crippen molar-refractivity contribution in [3.63, 3.8) is 0 Å². The molecule has 0 amide bonds. The second-order valence-corrected chi connectivity index (χ2v) is 4.74. The molecule has 0 saturated heterocycles. The molecule has 2 nitrogen and oxygen atoms in total. The van der Waals surface area contributed by atoms with Crippen LogP contribution in [0.5, 0.6) is 0 Å². The number of nitrogens with zero attached hydrogens (tertiary/aromatic N) is 2. The molecule has 0 saturated carbocycles. The minimum Gasteiger partial charge on any atom is -0.304 e. The summed E-state index contributed by atoms with van der Waals surface area (Å²) in [5, 5.41) is 0. The summed E-state index contributed by atoms with van der Waals surface area (Å²) in [6.07, 6.45) is 3.86. The van der Waals surface area contributed by atoms with Gasteiger partial charge in [0, 0.05) is 18.1 Å². The summed E-state index contributed by atoms with van der Waals surface area (Å²) in [6, 6.07) is 4.26. The van der Waals surface area contributed by atoms with Gasteiger partial charge in [-0.3, -0.25) is 0 Å². The van der Waals surface area contributed by atoms with Gasteiger partial charge in [-0.2, -0.15) is 0 Å². The molecule has 0 aromatic carbocycles. The number of fused-ring (bicyclic) bond motifs is 1. The molecule has 0 atom stereocenters. The van der Waals surface area contributed by atoms with Crippen LogP contribution in [-0.2, 0) is 5.41 Å². The van der Waals surface area contributed by atoms with E-state index in [1.54, 1.807) is 0 Å². The van der Waals surface area contributed by atoms with Crippen molar-refractivity contribution in [2.75, 3.05) is 0 Å². The van der Waals surface area contributed by atoms with Gasteiger partial charge in [-0.25, -0.2) is 4.98 Å². The predicted molar refractivity (Wildman–Crippen MR) is 58.6 cm³/mol. The molecule has 0 aliphatic carbocycles. The zero-order chi connectivity index (χ0) is 10.3. The van der Waals surface area contributed by atoms with E-state index in [0.717, 1.165) is 5.65 Å². The van der Waals surface area contributed by atoms with E-state index in [9.17, 15) is 0 Å². The first-order chi connectivity index (χ1) is 6.50. The molecule has 0 unspecified atom stereocenters. The standard InChI is InChI=1S/C12H16N2/c1-9-10(12(2,3)4)5-6-11-13-7-8-14(9)11/h5-8H,1-4H3.